The zero-order valence-electron chi connectivity index (χ0n) is 12.5. The maximum absolute atomic E-state index is 13.1. The Kier molecular flexibility index (Phi) is 4.07. The molecular weight excluding hydrogens is 347 g/mol. The summed E-state index contributed by atoms with van der Waals surface area (Å²) in [6.07, 6.45) is 0. The average molecular weight is 360 g/mol. The highest BCUT2D eigenvalue weighted by atomic mass is 32.2. The van der Waals surface area contributed by atoms with Crippen LogP contribution in [0.2, 0.25) is 0 Å². The van der Waals surface area contributed by atoms with Crippen molar-refractivity contribution in [3.05, 3.63) is 51.6 Å². The molecule has 0 spiro atoms. The van der Waals surface area contributed by atoms with E-state index in [-0.39, 0.29) is 11.4 Å². The molecule has 0 bridgehead atoms. The number of thiophene rings is 1. The van der Waals surface area contributed by atoms with Crippen LogP contribution in [0.15, 0.2) is 39.4 Å². The van der Waals surface area contributed by atoms with Crippen LogP contribution in [0.3, 0.4) is 0 Å². The largest absolute Gasteiger partial charge is 0.363 e. The number of nitrogens with zero attached hydrogens (tertiary/aromatic N) is 2. The van der Waals surface area contributed by atoms with Crippen LogP contribution in [0.4, 0.5) is 4.39 Å². The molecule has 2 aromatic heterocycles. The Morgan fingerprint density at radius 3 is 2.88 bits per heavy atom. The Balaban J connectivity index is 1.67. The van der Waals surface area contributed by atoms with Gasteiger partial charge in [0.25, 0.3) is 5.56 Å². The lowest BCUT2D eigenvalue weighted by molar-refractivity contribution is 0.628. The van der Waals surface area contributed by atoms with Gasteiger partial charge in [-0.15, -0.1) is 11.3 Å². The molecule has 0 aliphatic carbocycles. The fourth-order valence-electron chi connectivity index (χ4n) is 2.51. The molecule has 1 aliphatic heterocycles. The van der Waals surface area contributed by atoms with E-state index < -0.39 is 0 Å². The zero-order chi connectivity index (χ0) is 16.5. The summed E-state index contributed by atoms with van der Waals surface area (Å²) in [6.45, 7) is 1.65. The van der Waals surface area contributed by atoms with E-state index in [2.05, 4.69) is 20.3 Å². The molecule has 0 unspecified atom stereocenters. The number of nitrogens with one attached hydrogen (secondary N) is 2. The van der Waals surface area contributed by atoms with E-state index in [0.717, 1.165) is 29.4 Å². The summed E-state index contributed by atoms with van der Waals surface area (Å²) in [6, 6.07) is 6.12. The van der Waals surface area contributed by atoms with Crippen LogP contribution >= 0.6 is 23.1 Å². The number of benzene rings is 1. The minimum Gasteiger partial charge on any atom is -0.363 e. The highest BCUT2D eigenvalue weighted by molar-refractivity contribution is 8.13. The number of H-pyrrole nitrogens is 1. The minimum absolute atomic E-state index is 0.169. The van der Waals surface area contributed by atoms with Gasteiger partial charge in [0.15, 0.2) is 5.17 Å². The molecule has 3 heterocycles. The third-order valence-corrected chi connectivity index (χ3v) is 5.47. The summed E-state index contributed by atoms with van der Waals surface area (Å²) in [5.41, 5.74) is 1.42. The Morgan fingerprint density at radius 2 is 2.12 bits per heavy atom. The SMILES string of the molecule is O=c1[nH]c(CSC2=NCCN2)nc2scc(-c3ccc(F)cc3)c12. The minimum atomic E-state index is -0.298. The molecule has 24 heavy (non-hydrogen) atoms. The second-order valence-corrected chi connectivity index (χ2v) is 7.07. The third kappa shape index (κ3) is 2.94. The second-order valence-electron chi connectivity index (χ2n) is 5.25. The molecule has 0 saturated carbocycles. The van der Waals surface area contributed by atoms with E-state index in [9.17, 15) is 9.18 Å². The molecule has 0 atom stereocenters. The smallest absolute Gasteiger partial charge is 0.260 e. The lowest BCUT2D eigenvalue weighted by Crippen LogP contribution is -2.16. The highest BCUT2D eigenvalue weighted by Gasteiger charge is 2.14. The number of amidine groups is 1. The molecule has 1 aliphatic rings. The summed E-state index contributed by atoms with van der Waals surface area (Å²) >= 11 is 2.95. The molecule has 4 rings (SSSR count). The molecule has 1 aromatic carbocycles. The molecule has 0 saturated heterocycles. The monoisotopic (exact) mass is 360 g/mol. The lowest BCUT2D eigenvalue weighted by Gasteiger charge is -2.03. The van der Waals surface area contributed by atoms with E-state index >= 15 is 0 Å². The van der Waals surface area contributed by atoms with Crippen molar-refractivity contribution in [1.29, 1.82) is 0 Å². The van der Waals surface area contributed by atoms with Gasteiger partial charge >= 0.3 is 0 Å². The maximum Gasteiger partial charge on any atom is 0.260 e. The number of aliphatic imine (C=N–C) groups is 1. The summed E-state index contributed by atoms with van der Waals surface area (Å²) < 4.78 is 13.1. The zero-order valence-corrected chi connectivity index (χ0v) is 14.1. The summed E-state index contributed by atoms with van der Waals surface area (Å²) in [5.74, 6) is 0.885. The van der Waals surface area contributed by atoms with Crippen LogP contribution in [0.25, 0.3) is 21.3 Å². The van der Waals surface area contributed by atoms with Crippen molar-refractivity contribution in [2.45, 2.75) is 5.75 Å². The quantitative estimate of drug-likeness (QED) is 0.753. The van der Waals surface area contributed by atoms with Crippen molar-refractivity contribution in [3.63, 3.8) is 0 Å². The fraction of sp³-hybridized carbons (Fsp3) is 0.188. The first-order valence-corrected chi connectivity index (χ1v) is 9.25. The van der Waals surface area contributed by atoms with Crippen molar-refractivity contribution >= 4 is 38.5 Å². The van der Waals surface area contributed by atoms with Gasteiger partial charge in [-0.3, -0.25) is 9.79 Å². The van der Waals surface area contributed by atoms with Gasteiger partial charge in [-0.2, -0.15) is 0 Å². The van der Waals surface area contributed by atoms with Gasteiger partial charge in [0.2, 0.25) is 0 Å². The van der Waals surface area contributed by atoms with E-state index in [0.29, 0.717) is 21.8 Å². The molecule has 122 valence electrons. The molecule has 2 N–H and O–H groups in total. The number of aromatic amines is 1. The Hall–Kier alpha value is -2.19. The van der Waals surface area contributed by atoms with Crippen LogP contribution < -0.4 is 10.9 Å². The van der Waals surface area contributed by atoms with Gasteiger partial charge in [-0.05, 0) is 17.7 Å². The van der Waals surface area contributed by atoms with Gasteiger partial charge < -0.3 is 10.3 Å². The van der Waals surface area contributed by atoms with E-state index in [4.69, 9.17) is 0 Å². The lowest BCUT2D eigenvalue weighted by atomic mass is 10.1. The van der Waals surface area contributed by atoms with Crippen molar-refractivity contribution in [1.82, 2.24) is 15.3 Å². The molecule has 3 aromatic rings. The molecular formula is C16H13FN4OS2. The van der Waals surface area contributed by atoms with Gasteiger partial charge in [0.05, 0.1) is 17.7 Å². The molecule has 0 amide bonds. The second kappa shape index (κ2) is 6.37. The highest BCUT2D eigenvalue weighted by Crippen LogP contribution is 2.31. The number of aromatic nitrogens is 2. The first kappa shape index (κ1) is 15.3. The number of thioether (sulfide) groups is 1. The van der Waals surface area contributed by atoms with Crippen LogP contribution in [0.5, 0.6) is 0 Å². The molecule has 0 fully saturated rings. The Labute approximate surface area is 145 Å². The molecule has 0 radical (unpaired) electrons. The fourth-order valence-corrected chi connectivity index (χ4v) is 4.28. The first-order chi connectivity index (χ1) is 11.7. The van der Waals surface area contributed by atoms with Gasteiger partial charge in [-0.25, -0.2) is 9.37 Å². The first-order valence-electron chi connectivity index (χ1n) is 7.38. The van der Waals surface area contributed by atoms with Crippen molar-refractivity contribution in [2.24, 2.45) is 4.99 Å². The van der Waals surface area contributed by atoms with E-state index in [1.54, 1.807) is 12.1 Å². The molecule has 5 nitrogen and oxygen atoms in total. The summed E-state index contributed by atoms with van der Waals surface area (Å²) in [4.78, 5) is 24.9. The predicted molar refractivity (Wildman–Crippen MR) is 97.2 cm³/mol. The van der Waals surface area contributed by atoms with Crippen LogP contribution in [-0.2, 0) is 5.75 Å². The number of rotatable bonds is 3. The van der Waals surface area contributed by atoms with Gasteiger partial charge in [0, 0.05) is 17.5 Å². The third-order valence-electron chi connectivity index (χ3n) is 3.64. The number of halogens is 1. The van der Waals surface area contributed by atoms with Crippen LogP contribution in [-0.4, -0.2) is 28.2 Å². The average Bonchev–Trinajstić information content (AvgIpc) is 3.23. The van der Waals surface area contributed by atoms with Crippen molar-refractivity contribution in [3.8, 4) is 11.1 Å². The standard InChI is InChI=1S/C16H13FN4OS2/c17-10-3-1-9(2-4-10)11-7-23-15-13(11)14(22)20-12(21-15)8-24-16-18-5-6-19-16/h1-4,7H,5-6,8H2,(H,18,19)(H,20,21,22). The molecule has 8 heteroatoms. The maximum atomic E-state index is 13.1. The predicted octanol–water partition coefficient (Wildman–Crippen LogP) is 2.98. The summed E-state index contributed by atoms with van der Waals surface area (Å²) in [7, 11) is 0. The van der Waals surface area contributed by atoms with Crippen LogP contribution in [0.1, 0.15) is 5.82 Å². The number of hydrogen-bond acceptors (Lipinski definition) is 6. The normalized spacial score (nSPS) is 14.0. The van der Waals surface area contributed by atoms with Crippen molar-refractivity contribution in [2.75, 3.05) is 13.1 Å². The van der Waals surface area contributed by atoms with E-state index in [1.165, 1.54) is 35.2 Å². The van der Waals surface area contributed by atoms with Gasteiger partial charge in [0.1, 0.15) is 16.5 Å². The Bertz CT molecular complexity index is 978. The van der Waals surface area contributed by atoms with Crippen LogP contribution in [0, 0.1) is 5.82 Å². The topological polar surface area (TPSA) is 70.1 Å². The van der Waals surface area contributed by atoms with E-state index in [1.807, 2.05) is 5.38 Å². The van der Waals surface area contributed by atoms with Gasteiger partial charge in [-0.1, -0.05) is 23.9 Å². The van der Waals surface area contributed by atoms with Crippen molar-refractivity contribution < 1.29 is 4.39 Å². The summed E-state index contributed by atoms with van der Waals surface area (Å²) in [5, 5.41) is 6.50. The number of fused-ring (bicyclic) bond motifs is 1. The Morgan fingerprint density at radius 1 is 1.29 bits per heavy atom. The number of hydrogen-bond donors (Lipinski definition) is 2.